The van der Waals surface area contributed by atoms with Crippen LogP contribution in [0, 0.1) is 0 Å². The lowest BCUT2D eigenvalue weighted by molar-refractivity contribution is 0.209. The van der Waals surface area contributed by atoms with Crippen LogP contribution in [0.2, 0.25) is 5.02 Å². The maximum Gasteiger partial charge on any atom is 0.155 e. The molecule has 0 saturated carbocycles. The quantitative estimate of drug-likeness (QED) is 0.504. The second kappa shape index (κ2) is 8.41. The Balaban J connectivity index is 1.62. The molecular formula is C24H26ClN7. The Kier molecular flexibility index (Phi) is 5.45. The molecule has 3 aromatic heterocycles. The molecule has 1 fully saturated rings. The Morgan fingerprint density at radius 3 is 2.38 bits per heavy atom. The van der Waals surface area contributed by atoms with Crippen LogP contribution in [0.25, 0.3) is 28.2 Å². The lowest BCUT2D eigenvalue weighted by Crippen LogP contribution is -2.49. The van der Waals surface area contributed by atoms with Gasteiger partial charge in [-0.15, -0.1) is 5.10 Å². The molecule has 1 aliphatic rings. The molecule has 32 heavy (non-hydrogen) atoms. The second-order valence-electron chi connectivity index (χ2n) is 8.36. The summed E-state index contributed by atoms with van der Waals surface area (Å²) in [4.78, 5) is 13.9. The molecule has 0 atom stereocenters. The van der Waals surface area contributed by atoms with Crippen molar-refractivity contribution in [1.29, 1.82) is 0 Å². The summed E-state index contributed by atoms with van der Waals surface area (Å²) in [5, 5.41) is 5.70. The Hall–Kier alpha value is -3.16. The molecule has 4 heterocycles. The zero-order valence-electron chi connectivity index (χ0n) is 18.2. The van der Waals surface area contributed by atoms with Gasteiger partial charge < -0.3 is 10.6 Å². The predicted octanol–water partition coefficient (Wildman–Crippen LogP) is 4.22. The van der Waals surface area contributed by atoms with E-state index in [0.717, 1.165) is 60.2 Å². The summed E-state index contributed by atoms with van der Waals surface area (Å²) in [6.07, 6.45) is 1.71. The van der Waals surface area contributed by atoms with Crippen molar-refractivity contribution in [2.24, 2.45) is 0 Å². The van der Waals surface area contributed by atoms with Crippen LogP contribution in [0.1, 0.15) is 13.8 Å². The third-order valence-corrected chi connectivity index (χ3v) is 6.26. The molecule has 0 amide bonds. The number of benzene rings is 1. The molecular weight excluding hydrogens is 422 g/mol. The number of halogens is 1. The number of anilines is 2. The van der Waals surface area contributed by atoms with Crippen molar-refractivity contribution in [1.82, 2.24) is 24.5 Å². The predicted molar refractivity (Wildman–Crippen MR) is 130 cm³/mol. The minimum Gasteiger partial charge on any atom is -0.384 e. The minimum atomic E-state index is 0.459. The molecule has 1 aromatic carbocycles. The molecule has 1 aliphatic heterocycles. The van der Waals surface area contributed by atoms with E-state index in [1.807, 2.05) is 47.0 Å². The highest BCUT2D eigenvalue weighted by Crippen LogP contribution is 2.34. The number of aromatic nitrogens is 4. The number of hydrogen-bond acceptors (Lipinski definition) is 6. The zero-order valence-corrected chi connectivity index (χ0v) is 19.0. The van der Waals surface area contributed by atoms with Gasteiger partial charge in [0, 0.05) is 54.6 Å². The van der Waals surface area contributed by atoms with Gasteiger partial charge in [-0.05, 0) is 50.2 Å². The highest BCUT2D eigenvalue weighted by atomic mass is 35.5. The third kappa shape index (κ3) is 3.89. The smallest absolute Gasteiger partial charge is 0.155 e. The molecule has 164 valence electrons. The van der Waals surface area contributed by atoms with E-state index in [2.05, 4.69) is 34.7 Å². The molecule has 0 unspecified atom stereocenters. The van der Waals surface area contributed by atoms with E-state index in [-0.39, 0.29) is 0 Å². The molecule has 0 radical (unpaired) electrons. The van der Waals surface area contributed by atoms with Crippen molar-refractivity contribution < 1.29 is 0 Å². The fourth-order valence-electron chi connectivity index (χ4n) is 4.22. The largest absolute Gasteiger partial charge is 0.384 e. The van der Waals surface area contributed by atoms with E-state index < -0.39 is 0 Å². The summed E-state index contributed by atoms with van der Waals surface area (Å²) in [5.74, 6) is 1.41. The fourth-order valence-corrected chi connectivity index (χ4v) is 4.35. The average Bonchev–Trinajstić information content (AvgIpc) is 3.18. The number of rotatable bonds is 4. The molecule has 2 N–H and O–H groups in total. The summed E-state index contributed by atoms with van der Waals surface area (Å²) < 4.78 is 1.92. The summed E-state index contributed by atoms with van der Waals surface area (Å²) in [7, 11) is 0. The van der Waals surface area contributed by atoms with Crippen molar-refractivity contribution in [2.75, 3.05) is 36.8 Å². The van der Waals surface area contributed by atoms with E-state index in [9.17, 15) is 0 Å². The maximum absolute atomic E-state index is 6.12. The van der Waals surface area contributed by atoms with E-state index in [4.69, 9.17) is 27.4 Å². The van der Waals surface area contributed by atoms with Gasteiger partial charge in [0.1, 0.15) is 17.3 Å². The summed E-state index contributed by atoms with van der Waals surface area (Å²) >= 11 is 6.12. The molecule has 0 aliphatic carbocycles. The number of nitrogens with two attached hydrogens (primary N) is 1. The number of pyridine rings is 1. The first-order valence-corrected chi connectivity index (χ1v) is 11.2. The minimum absolute atomic E-state index is 0.459. The standard InChI is InChI=1S/C24H26ClN7/c1-16(2)30-11-13-31(14-12-30)22-8-7-21-28-23(17-3-5-19(25)6-4-17)24(32(21)29-22)18-9-10-27-20(26)15-18/h3-10,15-16H,11-14H2,1-2H3,(H2,26,27). The SMILES string of the molecule is CC(C)N1CCN(c2ccc3nc(-c4ccc(Cl)cc4)c(-c4ccnc(N)c4)n3n2)CC1. The number of nitrogens with zero attached hydrogens (tertiary/aromatic N) is 6. The maximum atomic E-state index is 6.12. The summed E-state index contributed by atoms with van der Waals surface area (Å²) in [6.45, 7) is 8.46. The normalized spacial score (nSPS) is 15.1. The van der Waals surface area contributed by atoms with Gasteiger partial charge in [-0.25, -0.2) is 14.5 Å². The van der Waals surface area contributed by atoms with Crippen molar-refractivity contribution in [2.45, 2.75) is 19.9 Å². The van der Waals surface area contributed by atoms with Gasteiger partial charge in [0.15, 0.2) is 5.65 Å². The number of hydrogen-bond donors (Lipinski definition) is 1. The van der Waals surface area contributed by atoms with Gasteiger partial charge in [-0.2, -0.15) is 0 Å². The van der Waals surface area contributed by atoms with Gasteiger partial charge in [-0.1, -0.05) is 23.7 Å². The van der Waals surface area contributed by atoms with Crippen LogP contribution in [0.3, 0.4) is 0 Å². The van der Waals surface area contributed by atoms with Crippen LogP contribution < -0.4 is 10.6 Å². The monoisotopic (exact) mass is 447 g/mol. The molecule has 8 heteroatoms. The van der Waals surface area contributed by atoms with Gasteiger partial charge in [0.05, 0.1) is 5.69 Å². The van der Waals surface area contributed by atoms with E-state index in [1.165, 1.54) is 0 Å². The Bertz CT molecular complexity index is 1240. The number of imidazole rings is 1. The number of fused-ring (bicyclic) bond motifs is 1. The first-order valence-electron chi connectivity index (χ1n) is 10.9. The van der Waals surface area contributed by atoms with E-state index >= 15 is 0 Å². The molecule has 4 aromatic rings. The Morgan fingerprint density at radius 2 is 1.69 bits per heavy atom. The highest BCUT2D eigenvalue weighted by molar-refractivity contribution is 6.30. The van der Waals surface area contributed by atoms with Crippen LogP contribution in [-0.2, 0) is 0 Å². The van der Waals surface area contributed by atoms with Gasteiger partial charge in [0.25, 0.3) is 0 Å². The molecule has 1 saturated heterocycles. The molecule has 5 rings (SSSR count). The second-order valence-corrected chi connectivity index (χ2v) is 8.80. The zero-order chi connectivity index (χ0) is 22.2. The topological polar surface area (TPSA) is 75.6 Å². The lowest BCUT2D eigenvalue weighted by Gasteiger charge is -2.37. The van der Waals surface area contributed by atoms with Crippen molar-refractivity contribution in [3.63, 3.8) is 0 Å². The molecule has 0 spiro atoms. The van der Waals surface area contributed by atoms with Crippen molar-refractivity contribution >= 4 is 28.9 Å². The first-order chi connectivity index (χ1) is 15.5. The Morgan fingerprint density at radius 1 is 0.938 bits per heavy atom. The first kappa shape index (κ1) is 20.7. The van der Waals surface area contributed by atoms with Gasteiger partial charge >= 0.3 is 0 Å². The number of piperazine rings is 1. The fraction of sp³-hybridized carbons (Fsp3) is 0.292. The van der Waals surface area contributed by atoms with Gasteiger partial charge in [-0.3, -0.25) is 4.90 Å². The van der Waals surface area contributed by atoms with E-state index in [1.54, 1.807) is 6.20 Å². The van der Waals surface area contributed by atoms with Crippen molar-refractivity contribution in [3.05, 3.63) is 59.8 Å². The molecule has 0 bridgehead atoms. The van der Waals surface area contributed by atoms with Crippen LogP contribution in [0.5, 0.6) is 0 Å². The highest BCUT2D eigenvalue weighted by Gasteiger charge is 2.22. The number of nitrogen functional groups attached to an aromatic ring is 1. The van der Waals surface area contributed by atoms with Crippen LogP contribution in [-0.4, -0.2) is 56.7 Å². The lowest BCUT2D eigenvalue weighted by atomic mass is 10.1. The van der Waals surface area contributed by atoms with Crippen molar-refractivity contribution in [3.8, 4) is 22.5 Å². The van der Waals surface area contributed by atoms with Crippen LogP contribution >= 0.6 is 11.6 Å². The van der Waals surface area contributed by atoms with Crippen LogP contribution in [0.4, 0.5) is 11.6 Å². The average molecular weight is 448 g/mol. The molecule has 7 nitrogen and oxygen atoms in total. The van der Waals surface area contributed by atoms with Gasteiger partial charge in [0.2, 0.25) is 0 Å². The van der Waals surface area contributed by atoms with Crippen LogP contribution in [0.15, 0.2) is 54.7 Å². The van der Waals surface area contributed by atoms with E-state index in [0.29, 0.717) is 16.9 Å². The summed E-state index contributed by atoms with van der Waals surface area (Å²) in [5.41, 5.74) is 10.4. The third-order valence-electron chi connectivity index (χ3n) is 6.00. The Labute approximate surface area is 192 Å². The summed E-state index contributed by atoms with van der Waals surface area (Å²) in [6, 6.07) is 16.2.